The number of ether oxygens (including phenoxy) is 1. The van der Waals surface area contributed by atoms with Crippen molar-refractivity contribution in [1.82, 2.24) is 0 Å². The molecule has 0 amide bonds. The van der Waals surface area contributed by atoms with E-state index in [-0.39, 0.29) is 0 Å². The molecular formula is C18H22O3. The maximum atomic E-state index is 11.4. The third-order valence-corrected chi connectivity index (χ3v) is 4.38. The third-order valence-electron chi connectivity index (χ3n) is 4.38. The van der Waals surface area contributed by atoms with Crippen molar-refractivity contribution in [3.63, 3.8) is 0 Å². The first kappa shape index (κ1) is 15.4. The van der Waals surface area contributed by atoms with Crippen LogP contribution < -0.4 is 4.74 Å². The fourth-order valence-corrected chi connectivity index (χ4v) is 2.63. The number of hydrogen-bond donors (Lipinski definition) is 1. The summed E-state index contributed by atoms with van der Waals surface area (Å²) in [5, 5.41) is 11.7. The van der Waals surface area contributed by atoms with Crippen molar-refractivity contribution >= 4 is 16.7 Å². The molecule has 0 fully saturated rings. The second kappa shape index (κ2) is 6.61. The van der Waals surface area contributed by atoms with Gasteiger partial charge in [0, 0.05) is 0 Å². The van der Waals surface area contributed by atoms with Gasteiger partial charge >= 0.3 is 5.97 Å². The van der Waals surface area contributed by atoms with Crippen molar-refractivity contribution in [2.45, 2.75) is 33.1 Å². The number of carboxylic acid groups (broad SMARTS) is 1. The van der Waals surface area contributed by atoms with E-state index in [1.165, 1.54) is 5.39 Å². The summed E-state index contributed by atoms with van der Waals surface area (Å²) < 4.78 is 5.76. The highest BCUT2D eigenvalue weighted by Crippen LogP contribution is 2.31. The third kappa shape index (κ3) is 3.35. The summed E-state index contributed by atoms with van der Waals surface area (Å²) in [6.45, 7) is 4.27. The van der Waals surface area contributed by atoms with Crippen LogP contribution in [0.4, 0.5) is 0 Å². The summed E-state index contributed by atoms with van der Waals surface area (Å²) in [6, 6.07) is 14.1. The lowest BCUT2D eigenvalue weighted by Crippen LogP contribution is -2.31. The molecule has 2 aromatic carbocycles. The minimum absolute atomic E-state index is 0.423. The van der Waals surface area contributed by atoms with Gasteiger partial charge in [-0.15, -0.1) is 0 Å². The molecule has 0 aliphatic carbocycles. The smallest absolute Gasteiger partial charge is 0.309 e. The average Bonchev–Trinajstić information content (AvgIpc) is 2.51. The van der Waals surface area contributed by atoms with Gasteiger partial charge in [0.15, 0.2) is 0 Å². The van der Waals surface area contributed by atoms with Gasteiger partial charge in [0.2, 0.25) is 0 Å². The molecule has 112 valence electrons. The second-order valence-corrected chi connectivity index (χ2v) is 5.40. The number of hydrogen-bond acceptors (Lipinski definition) is 2. The van der Waals surface area contributed by atoms with Gasteiger partial charge in [0.25, 0.3) is 0 Å². The molecule has 0 aromatic heterocycles. The van der Waals surface area contributed by atoms with Crippen LogP contribution in [0.5, 0.6) is 5.75 Å². The van der Waals surface area contributed by atoms with Gasteiger partial charge in [-0.25, -0.2) is 0 Å². The Morgan fingerprint density at radius 3 is 2.38 bits per heavy atom. The highest BCUT2D eigenvalue weighted by atomic mass is 16.5. The Morgan fingerprint density at radius 1 is 1.10 bits per heavy atom. The summed E-state index contributed by atoms with van der Waals surface area (Å²) >= 11 is 0. The Balaban J connectivity index is 2.03. The first-order valence-electron chi connectivity index (χ1n) is 7.46. The van der Waals surface area contributed by atoms with Crippen molar-refractivity contribution in [2.75, 3.05) is 6.61 Å². The molecule has 2 rings (SSSR count). The van der Waals surface area contributed by atoms with E-state index >= 15 is 0 Å². The maximum absolute atomic E-state index is 11.4. The molecule has 0 unspecified atom stereocenters. The van der Waals surface area contributed by atoms with E-state index in [4.69, 9.17) is 4.74 Å². The number of fused-ring (bicyclic) bond motifs is 1. The molecule has 0 aliphatic rings. The van der Waals surface area contributed by atoms with Gasteiger partial charge in [-0.05, 0) is 42.2 Å². The van der Waals surface area contributed by atoms with E-state index in [2.05, 4.69) is 6.07 Å². The van der Waals surface area contributed by atoms with Crippen LogP contribution in [0.15, 0.2) is 42.5 Å². The van der Waals surface area contributed by atoms with Gasteiger partial charge in [-0.3, -0.25) is 4.79 Å². The van der Waals surface area contributed by atoms with Gasteiger partial charge in [0.1, 0.15) is 5.75 Å². The SMILES string of the molecule is CCC(CC)(CCOc1ccc2ccccc2c1)C(=O)O. The van der Waals surface area contributed by atoms with Gasteiger partial charge < -0.3 is 9.84 Å². The molecular weight excluding hydrogens is 264 g/mol. The fourth-order valence-electron chi connectivity index (χ4n) is 2.63. The standard InChI is InChI=1S/C18H22O3/c1-3-18(4-2,17(19)20)11-12-21-16-10-9-14-7-5-6-8-15(14)13-16/h5-10,13H,3-4,11-12H2,1-2H3,(H,19,20). The van der Waals surface area contributed by atoms with E-state index in [0.717, 1.165) is 11.1 Å². The van der Waals surface area contributed by atoms with E-state index in [1.807, 2.05) is 50.2 Å². The molecule has 1 N–H and O–H groups in total. The molecule has 0 saturated carbocycles. The molecule has 2 aromatic rings. The molecule has 0 aliphatic heterocycles. The zero-order valence-electron chi connectivity index (χ0n) is 12.6. The number of carboxylic acids is 1. The van der Waals surface area contributed by atoms with Crippen molar-refractivity contribution in [2.24, 2.45) is 5.41 Å². The summed E-state index contributed by atoms with van der Waals surface area (Å²) in [5.41, 5.74) is -0.670. The highest BCUT2D eigenvalue weighted by Gasteiger charge is 2.34. The number of carbonyl (C=O) groups is 1. The Morgan fingerprint density at radius 2 is 1.76 bits per heavy atom. The number of benzene rings is 2. The average molecular weight is 286 g/mol. The van der Waals surface area contributed by atoms with Crippen LogP contribution in [0.2, 0.25) is 0 Å². The predicted molar refractivity (Wildman–Crippen MR) is 84.7 cm³/mol. The van der Waals surface area contributed by atoms with Crippen molar-refractivity contribution in [3.8, 4) is 5.75 Å². The largest absolute Gasteiger partial charge is 0.494 e. The normalized spacial score (nSPS) is 11.5. The summed E-state index contributed by atoms with van der Waals surface area (Å²) in [5.74, 6) is 0.0646. The lowest BCUT2D eigenvalue weighted by Gasteiger charge is -2.26. The molecule has 3 nitrogen and oxygen atoms in total. The van der Waals surface area contributed by atoms with E-state index in [9.17, 15) is 9.90 Å². The van der Waals surface area contributed by atoms with Crippen LogP contribution in [0.1, 0.15) is 33.1 Å². The molecule has 0 bridgehead atoms. The van der Waals surface area contributed by atoms with Crippen LogP contribution in [-0.4, -0.2) is 17.7 Å². The second-order valence-electron chi connectivity index (χ2n) is 5.40. The lowest BCUT2D eigenvalue weighted by molar-refractivity contribution is -0.150. The topological polar surface area (TPSA) is 46.5 Å². The Bertz CT molecular complexity index is 615. The van der Waals surface area contributed by atoms with E-state index < -0.39 is 11.4 Å². The molecule has 21 heavy (non-hydrogen) atoms. The fraction of sp³-hybridized carbons (Fsp3) is 0.389. The first-order valence-corrected chi connectivity index (χ1v) is 7.46. The molecule has 0 radical (unpaired) electrons. The Labute approximate surface area is 125 Å². The zero-order chi connectivity index (χ0) is 15.3. The van der Waals surface area contributed by atoms with Crippen LogP contribution in [-0.2, 0) is 4.79 Å². The monoisotopic (exact) mass is 286 g/mol. The molecule has 0 atom stereocenters. The van der Waals surface area contributed by atoms with Gasteiger partial charge in [0.05, 0.1) is 12.0 Å². The summed E-state index contributed by atoms with van der Waals surface area (Å²) in [7, 11) is 0. The minimum Gasteiger partial charge on any atom is -0.494 e. The van der Waals surface area contributed by atoms with Gasteiger partial charge in [-0.1, -0.05) is 44.2 Å². The van der Waals surface area contributed by atoms with Crippen LogP contribution in [0.3, 0.4) is 0 Å². The summed E-state index contributed by atoms with van der Waals surface area (Å²) in [4.78, 5) is 11.4. The Hall–Kier alpha value is -2.03. The number of rotatable bonds is 7. The maximum Gasteiger partial charge on any atom is 0.309 e. The van der Waals surface area contributed by atoms with Crippen LogP contribution >= 0.6 is 0 Å². The zero-order valence-corrected chi connectivity index (χ0v) is 12.6. The number of aliphatic carboxylic acids is 1. The van der Waals surface area contributed by atoms with E-state index in [1.54, 1.807) is 0 Å². The molecule has 3 heteroatoms. The Kier molecular flexibility index (Phi) is 4.84. The van der Waals surface area contributed by atoms with Crippen LogP contribution in [0.25, 0.3) is 10.8 Å². The highest BCUT2D eigenvalue weighted by molar-refractivity contribution is 5.83. The minimum atomic E-state index is -0.727. The quantitative estimate of drug-likeness (QED) is 0.815. The first-order chi connectivity index (χ1) is 10.1. The predicted octanol–water partition coefficient (Wildman–Crippen LogP) is 4.50. The van der Waals surface area contributed by atoms with Crippen molar-refractivity contribution < 1.29 is 14.6 Å². The van der Waals surface area contributed by atoms with E-state index in [0.29, 0.717) is 25.9 Å². The lowest BCUT2D eigenvalue weighted by atomic mass is 9.79. The molecule has 0 saturated heterocycles. The van der Waals surface area contributed by atoms with Crippen LogP contribution in [0, 0.1) is 5.41 Å². The van der Waals surface area contributed by atoms with Crippen molar-refractivity contribution in [3.05, 3.63) is 42.5 Å². The van der Waals surface area contributed by atoms with Gasteiger partial charge in [-0.2, -0.15) is 0 Å². The molecule has 0 heterocycles. The summed E-state index contributed by atoms with van der Waals surface area (Å²) in [6.07, 6.45) is 1.78. The molecule has 0 spiro atoms. The van der Waals surface area contributed by atoms with Crippen molar-refractivity contribution in [1.29, 1.82) is 0 Å².